The number of ether oxygens (including phenoxy) is 2. The first-order valence-electron chi connectivity index (χ1n) is 6.70. The Labute approximate surface area is 124 Å². The topological polar surface area (TPSA) is 38.8 Å². The van der Waals surface area contributed by atoms with Crippen LogP contribution in [0.1, 0.15) is 19.4 Å². The summed E-state index contributed by atoms with van der Waals surface area (Å²) < 4.78 is 10.9. The van der Waals surface area contributed by atoms with Crippen LogP contribution in [-0.4, -0.2) is 42.7 Å². The van der Waals surface area contributed by atoms with Crippen molar-refractivity contribution in [3.05, 3.63) is 34.9 Å². The molecule has 20 heavy (non-hydrogen) atoms. The quantitative estimate of drug-likeness (QED) is 0.857. The first-order valence-corrected chi connectivity index (χ1v) is 7.08. The van der Waals surface area contributed by atoms with Gasteiger partial charge in [-0.2, -0.15) is 0 Å². The molecule has 1 saturated heterocycles. The lowest BCUT2D eigenvalue weighted by Gasteiger charge is -2.42. The minimum absolute atomic E-state index is 0.00893. The van der Waals surface area contributed by atoms with Gasteiger partial charge in [0.15, 0.2) is 0 Å². The Morgan fingerprint density at radius 3 is 2.90 bits per heavy atom. The van der Waals surface area contributed by atoms with E-state index in [0.717, 1.165) is 5.56 Å². The molecule has 1 heterocycles. The number of nitrogens with zero attached hydrogens (tertiary/aromatic N) is 1. The molecule has 1 aromatic carbocycles. The Morgan fingerprint density at radius 2 is 2.20 bits per heavy atom. The van der Waals surface area contributed by atoms with Crippen LogP contribution in [0, 0.1) is 0 Å². The Kier molecular flexibility index (Phi) is 5.02. The lowest BCUT2D eigenvalue weighted by atomic mass is 10.0. The van der Waals surface area contributed by atoms with Crippen molar-refractivity contribution in [2.24, 2.45) is 0 Å². The highest BCUT2D eigenvalue weighted by atomic mass is 35.5. The van der Waals surface area contributed by atoms with E-state index in [1.54, 1.807) is 0 Å². The van der Waals surface area contributed by atoms with E-state index in [9.17, 15) is 4.79 Å². The maximum atomic E-state index is 12.2. The summed E-state index contributed by atoms with van der Waals surface area (Å²) in [6.45, 7) is 6.16. The van der Waals surface area contributed by atoms with Gasteiger partial charge in [0.1, 0.15) is 6.61 Å². The summed E-state index contributed by atoms with van der Waals surface area (Å²) in [7, 11) is 0. The predicted molar refractivity (Wildman–Crippen MR) is 77.7 cm³/mol. The van der Waals surface area contributed by atoms with Crippen LogP contribution in [0.15, 0.2) is 24.3 Å². The number of hydrogen-bond donors (Lipinski definition) is 0. The third-order valence-corrected chi connectivity index (χ3v) is 3.76. The van der Waals surface area contributed by atoms with Gasteiger partial charge in [-0.1, -0.05) is 29.8 Å². The standard InChI is InChI=1S/C15H20ClNO3/c1-15(2)11-19-8-7-17(15)14(18)10-20-9-12-5-3-4-6-13(12)16/h3-6H,7-11H2,1-2H3. The zero-order valence-corrected chi connectivity index (χ0v) is 12.7. The van der Waals surface area contributed by atoms with Gasteiger partial charge < -0.3 is 14.4 Å². The van der Waals surface area contributed by atoms with Crippen molar-refractivity contribution >= 4 is 17.5 Å². The third-order valence-electron chi connectivity index (χ3n) is 3.39. The molecule has 0 spiro atoms. The molecular weight excluding hydrogens is 278 g/mol. The maximum Gasteiger partial charge on any atom is 0.249 e. The summed E-state index contributed by atoms with van der Waals surface area (Å²) >= 11 is 6.04. The van der Waals surface area contributed by atoms with E-state index in [1.807, 2.05) is 43.0 Å². The minimum Gasteiger partial charge on any atom is -0.377 e. The molecule has 0 bridgehead atoms. The molecule has 1 aliphatic rings. The highest BCUT2D eigenvalue weighted by Crippen LogP contribution is 2.20. The number of carbonyl (C=O) groups excluding carboxylic acids is 1. The lowest BCUT2D eigenvalue weighted by Crippen LogP contribution is -2.56. The van der Waals surface area contributed by atoms with Crippen molar-refractivity contribution in [3.63, 3.8) is 0 Å². The van der Waals surface area contributed by atoms with Gasteiger partial charge in [-0.3, -0.25) is 4.79 Å². The molecule has 1 amide bonds. The van der Waals surface area contributed by atoms with Crippen molar-refractivity contribution in [1.29, 1.82) is 0 Å². The number of benzene rings is 1. The smallest absolute Gasteiger partial charge is 0.249 e. The molecule has 0 aliphatic carbocycles. The second-order valence-electron chi connectivity index (χ2n) is 5.49. The predicted octanol–water partition coefficient (Wildman–Crippen LogP) is 2.49. The molecule has 0 saturated carbocycles. The van der Waals surface area contributed by atoms with Gasteiger partial charge in [0.2, 0.25) is 5.91 Å². The van der Waals surface area contributed by atoms with E-state index in [1.165, 1.54) is 0 Å². The first kappa shape index (κ1) is 15.3. The number of morpholine rings is 1. The van der Waals surface area contributed by atoms with E-state index in [-0.39, 0.29) is 18.1 Å². The molecule has 110 valence electrons. The van der Waals surface area contributed by atoms with E-state index < -0.39 is 0 Å². The fourth-order valence-electron chi connectivity index (χ4n) is 2.26. The van der Waals surface area contributed by atoms with Gasteiger partial charge in [-0.05, 0) is 25.5 Å². The molecule has 5 heteroatoms. The van der Waals surface area contributed by atoms with Crippen molar-refractivity contribution in [2.75, 3.05) is 26.4 Å². The summed E-state index contributed by atoms with van der Waals surface area (Å²) in [6.07, 6.45) is 0. The summed E-state index contributed by atoms with van der Waals surface area (Å²) in [5.74, 6) is -0.00893. The summed E-state index contributed by atoms with van der Waals surface area (Å²) in [6, 6.07) is 7.48. The lowest BCUT2D eigenvalue weighted by molar-refractivity contribution is -0.151. The number of carbonyl (C=O) groups is 1. The number of hydrogen-bond acceptors (Lipinski definition) is 3. The van der Waals surface area contributed by atoms with E-state index in [4.69, 9.17) is 21.1 Å². The van der Waals surface area contributed by atoms with Crippen molar-refractivity contribution in [1.82, 2.24) is 4.90 Å². The SMILES string of the molecule is CC1(C)COCCN1C(=O)COCc1ccccc1Cl. The Morgan fingerprint density at radius 1 is 1.45 bits per heavy atom. The van der Waals surface area contributed by atoms with Crippen molar-refractivity contribution in [2.45, 2.75) is 26.0 Å². The molecular formula is C15H20ClNO3. The van der Waals surface area contributed by atoms with E-state index in [0.29, 0.717) is 31.4 Å². The molecule has 0 radical (unpaired) electrons. The van der Waals surface area contributed by atoms with Gasteiger partial charge in [0.05, 0.1) is 25.4 Å². The van der Waals surface area contributed by atoms with Crippen LogP contribution in [0.4, 0.5) is 0 Å². The summed E-state index contributed by atoms with van der Waals surface area (Å²) in [5, 5.41) is 0.659. The average Bonchev–Trinajstić information content (AvgIpc) is 2.40. The molecule has 1 aliphatic heterocycles. The summed E-state index contributed by atoms with van der Waals surface area (Å²) in [4.78, 5) is 14.0. The largest absolute Gasteiger partial charge is 0.377 e. The molecule has 0 unspecified atom stereocenters. The molecule has 4 nitrogen and oxygen atoms in total. The Hall–Kier alpha value is -1.10. The van der Waals surface area contributed by atoms with Crippen molar-refractivity contribution < 1.29 is 14.3 Å². The van der Waals surface area contributed by atoms with E-state index >= 15 is 0 Å². The van der Waals surface area contributed by atoms with Gasteiger partial charge in [0, 0.05) is 11.6 Å². The van der Waals surface area contributed by atoms with Crippen LogP contribution in [0.2, 0.25) is 5.02 Å². The molecule has 0 aromatic heterocycles. The molecule has 0 atom stereocenters. The fourth-order valence-corrected chi connectivity index (χ4v) is 2.45. The second-order valence-corrected chi connectivity index (χ2v) is 5.90. The fraction of sp³-hybridized carbons (Fsp3) is 0.533. The zero-order valence-electron chi connectivity index (χ0n) is 11.9. The maximum absolute atomic E-state index is 12.2. The van der Waals surface area contributed by atoms with Crippen LogP contribution in [-0.2, 0) is 20.9 Å². The van der Waals surface area contributed by atoms with Crippen LogP contribution in [0.3, 0.4) is 0 Å². The number of halogens is 1. The Bertz CT molecular complexity index is 476. The van der Waals surface area contributed by atoms with Crippen LogP contribution >= 0.6 is 11.6 Å². The number of rotatable bonds is 4. The van der Waals surface area contributed by atoms with Gasteiger partial charge >= 0.3 is 0 Å². The van der Waals surface area contributed by atoms with Crippen LogP contribution in [0.5, 0.6) is 0 Å². The number of amides is 1. The Balaban J connectivity index is 1.85. The molecule has 1 fully saturated rings. The molecule has 2 rings (SSSR count). The zero-order chi connectivity index (χ0) is 14.6. The summed E-state index contributed by atoms with van der Waals surface area (Å²) in [5.41, 5.74) is 0.617. The second kappa shape index (κ2) is 6.57. The third kappa shape index (κ3) is 3.72. The molecule has 1 aromatic rings. The van der Waals surface area contributed by atoms with Gasteiger partial charge in [-0.25, -0.2) is 0 Å². The van der Waals surface area contributed by atoms with Crippen LogP contribution < -0.4 is 0 Å². The normalized spacial score (nSPS) is 18.1. The molecule has 0 N–H and O–H groups in total. The highest BCUT2D eigenvalue weighted by Gasteiger charge is 2.33. The van der Waals surface area contributed by atoms with Crippen molar-refractivity contribution in [3.8, 4) is 0 Å². The van der Waals surface area contributed by atoms with E-state index in [2.05, 4.69) is 0 Å². The van der Waals surface area contributed by atoms with Gasteiger partial charge in [0.25, 0.3) is 0 Å². The monoisotopic (exact) mass is 297 g/mol. The van der Waals surface area contributed by atoms with Crippen LogP contribution in [0.25, 0.3) is 0 Å². The average molecular weight is 298 g/mol. The highest BCUT2D eigenvalue weighted by molar-refractivity contribution is 6.31. The minimum atomic E-state index is -0.275. The first-order chi connectivity index (χ1) is 9.50. The van der Waals surface area contributed by atoms with Gasteiger partial charge in [-0.15, -0.1) is 0 Å².